The molecular weight excluding hydrogens is 314 g/mol. The number of carbonyl (C=O) groups excluding carboxylic acids is 1. The van der Waals surface area contributed by atoms with Crippen molar-refractivity contribution in [1.29, 1.82) is 0 Å². The van der Waals surface area contributed by atoms with Gasteiger partial charge in [-0.15, -0.1) is 0 Å². The van der Waals surface area contributed by atoms with Crippen LogP contribution in [0.2, 0.25) is 0 Å². The number of para-hydroxylation sites is 1. The summed E-state index contributed by atoms with van der Waals surface area (Å²) in [6, 6.07) is 8.08. The summed E-state index contributed by atoms with van der Waals surface area (Å²) in [6.45, 7) is -0.523. The number of benzene rings is 1. The molecule has 24 heavy (non-hydrogen) atoms. The van der Waals surface area contributed by atoms with Crippen molar-refractivity contribution in [3.8, 4) is 11.5 Å². The number of carboxylic acids is 1. The van der Waals surface area contributed by atoms with E-state index in [1.165, 1.54) is 25.7 Å². The highest BCUT2D eigenvalue weighted by atomic mass is 16.5. The molecule has 8 heteroatoms. The lowest BCUT2D eigenvalue weighted by molar-refractivity contribution is -0.139. The minimum atomic E-state index is -1.12. The Morgan fingerprint density at radius 2 is 2.04 bits per heavy atom. The van der Waals surface area contributed by atoms with Crippen LogP contribution in [0, 0.1) is 0 Å². The van der Waals surface area contributed by atoms with Gasteiger partial charge in [0.05, 0.1) is 13.3 Å². The number of ether oxygens (including phenoxy) is 2. The number of pyridine rings is 1. The lowest BCUT2D eigenvalue weighted by Crippen LogP contribution is -2.17. The molecule has 8 nitrogen and oxygen atoms in total. The SMILES string of the molecule is COc1cccc(/C=N\NC(=O)c2ccncc2)c1OCC(=O)O. The van der Waals surface area contributed by atoms with Crippen molar-refractivity contribution in [2.45, 2.75) is 0 Å². The first kappa shape index (κ1) is 16.9. The summed E-state index contributed by atoms with van der Waals surface area (Å²) in [5.74, 6) is -0.927. The monoisotopic (exact) mass is 329 g/mol. The van der Waals surface area contributed by atoms with Crippen molar-refractivity contribution in [1.82, 2.24) is 10.4 Å². The fourth-order valence-corrected chi connectivity index (χ4v) is 1.81. The maximum absolute atomic E-state index is 11.9. The van der Waals surface area contributed by atoms with E-state index in [0.29, 0.717) is 16.9 Å². The molecule has 2 aromatic rings. The van der Waals surface area contributed by atoms with E-state index >= 15 is 0 Å². The zero-order valence-corrected chi connectivity index (χ0v) is 12.8. The van der Waals surface area contributed by atoms with Crippen molar-refractivity contribution in [3.05, 3.63) is 53.9 Å². The maximum atomic E-state index is 11.9. The van der Waals surface area contributed by atoms with Crippen LogP contribution in [0.5, 0.6) is 11.5 Å². The van der Waals surface area contributed by atoms with Crippen molar-refractivity contribution < 1.29 is 24.2 Å². The van der Waals surface area contributed by atoms with Gasteiger partial charge in [-0.25, -0.2) is 10.2 Å². The Bertz CT molecular complexity index is 747. The van der Waals surface area contributed by atoms with Crippen LogP contribution in [0.3, 0.4) is 0 Å². The van der Waals surface area contributed by atoms with Crippen molar-refractivity contribution in [2.75, 3.05) is 13.7 Å². The Morgan fingerprint density at radius 3 is 2.71 bits per heavy atom. The van der Waals surface area contributed by atoms with Crippen LogP contribution < -0.4 is 14.9 Å². The maximum Gasteiger partial charge on any atom is 0.341 e. The van der Waals surface area contributed by atoms with Gasteiger partial charge >= 0.3 is 5.97 Å². The number of aliphatic carboxylic acids is 1. The van der Waals surface area contributed by atoms with Gasteiger partial charge in [0.1, 0.15) is 0 Å². The number of carboxylic acid groups (broad SMARTS) is 1. The van der Waals surface area contributed by atoms with E-state index in [1.54, 1.807) is 30.3 Å². The molecule has 0 aliphatic carbocycles. The molecule has 0 saturated heterocycles. The van der Waals surface area contributed by atoms with E-state index in [4.69, 9.17) is 14.6 Å². The lowest BCUT2D eigenvalue weighted by Gasteiger charge is -2.11. The second-order valence-corrected chi connectivity index (χ2v) is 4.50. The first-order chi connectivity index (χ1) is 11.6. The van der Waals surface area contributed by atoms with Crippen molar-refractivity contribution in [3.63, 3.8) is 0 Å². The zero-order chi connectivity index (χ0) is 17.4. The standard InChI is InChI=1S/C16H15N3O5/c1-23-13-4-2-3-12(15(13)24-10-14(20)21)9-18-19-16(22)11-5-7-17-8-6-11/h2-9H,10H2,1H3,(H,19,22)(H,20,21)/b18-9-. The van der Waals surface area contributed by atoms with Crippen LogP contribution >= 0.6 is 0 Å². The summed E-state index contributed by atoms with van der Waals surface area (Å²) in [4.78, 5) is 26.4. The van der Waals surface area contributed by atoms with Crippen LogP contribution in [0.15, 0.2) is 47.8 Å². The molecule has 0 aliphatic heterocycles. The normalized spacial score (nSPS) is 10.4. The van der Waals surface area contributed by atoms with Crippen LogP contribution in [-0.2, 0) is 4.79 Å². The van der Waals surface area contributed by atoms with Crippen molar-refractivity contribution >= 4 is 18.1 Å². The number of hydrazone groups is 1. The molecular formula is C16H15N3O5. The van der Waals surface area contributed by atoms with Crippen molar-refractivity contribution in [2.24, 2.45) is 5.10 Å². The third kappa shape index (κ3) is 4.54. The average Bonchev–Trinajstić information content (AvgIpc) is 2.60. The minimum Gasteiger partial charge on any atom is -0.493 e. The molecule has 0 unspecified atom stereocenters. The van der Waals surface area contributed by atoms with Gasteiger partial charge in [-0.05, 0) is 24.3 Å². The van der Waals surface area contributed by atoms with Gasteiger partial charge < -0.3 is 14.6 Å². The van der Waals surface area contributed by atoms with Gasteiger partial charge in [0.2, 0.25) is 0 Å². The molecule has 1 heterocycles. The highest BCUT2D eigenvalue weighted by Crippen LogP contribution is 2.29. The third-order valence-corrected chi connectivity index (χ3v) is 2.88. The molecule has 0 saturated carbocycles. The second-order valence-electron chi connectivity index (χ2n) is 4.50. The number of nitrogens with zero attached hydrogens (tertiary/aromatic N) is 2. The van der Waals surface area contributed by atoms with Gasteiger partial charge in [-0.3, -0.25) is 9.78 Å². The number of rotatable bonds is 7. The Balaban J connectivity index is 2.13. The number of hydrogen-bond acceptors (Lipinski definition) is 6. The summed E-state index contributed by atoms with van der Waals surface area (Å²) in [6.07, 6.45) is 4.34. The molecule has 2 N–H and O–H groups in total. The molecule has 0 atom stereocenters. The average molecular weight is 329 g/mol. The van der Waals surface area contributed by atoms with E-state index in [0.717, 1.165) is 0 Å². The summed E-state index contributed by atoms with van der Waals surface area (Å²) in [7, 11) is 1.44. The molecule has 0 radical (unpaired) electrons. The van der Waals surface area contributed by atoms with E-state index in [2.05, 4.69) is 15.5 Å². The molecule has 0 spiro atoms. The smallest absolute Gasteiger partial charge is 0.341 e. The number of amides is 1. The predicted molar refractivity (Wildman–Crippen MR) is 85.4 cm³/mol. The Kier molecular flexibility index (Phi) is 5.84. The summed E-state index contributed by atoms with van der Waals surface area (Å²) in [5, 5.41) is 12.6. The van der Waals surface area contributed by atoms with E-state index in [-0.39, 0.29) is 5.75 Å². The summed E-state index contributed by atoms with van der Waals surface area (Å²) < 4.78 is 10.4. The topological polar surface area (TPSA) is 110 Å². The second kappa shape index (κ2) is 8.28. The molecule has 0 bridgehead atoms. The number of aromatic nitrogens is 1. The first-order valence-electron chi connectivity index (χ1n) is 6.87. The fraction of sp³-hybridized carbons (Fsp3) is 0.125. The first-order valence-corrected chi connectivity index (χ1v) is 6.87. The fourth-order valence-electron chi connectivity index (χ4n) is 1.81. The number of carbonyl (C=O) groups is 2. The van der Waals surface area contributed by atoms with Gasteiger partial charge in [-0.1, -0.05) is 6.07 Å². The van der Waals surface area contributed by atoms with Gasteiger partial charge in [-0.2, -0.15) is 5.10 Å². The molecule has 124 valence electrons. The van der Waals surface area contributed by atoms with Crippen LogP contribution in [0.4, 0.5) is 0 Å². The van der Waals surface area contributed by atoms with E-state index in [1.807, 2.05) is 0 Å². The Morgan fingerprint density at radius 1 is 1.29 bits per heavy atom. The highest BCUT2D eigenvalue weighted by molar-refractivity contribution is 5.95. The quantitative estimate of drug-likeness (QED) is 0.585. The van der Waals surface area contributed by atoms with E-state index < -0.39 is 18.5 Å². The van der Waals surface area contributed by atoms with E-state index in [9.17, 15) is 9.59 Å². The molecule has 0 fully saturated rings. The minimum absolute atomic E-state index is 0.226. The largest absolute Gasteiger partial charge is 0.493 e. The summed E-state index contributed by atoms with van der Waals surface area (Å²) in [5.41, 5.74) is 3.24. The molecule has 1 aromatic carbocycles. The number of nitrogens with one attached hydrogen (secondary N) is 1. The Hall–Kier alpha value is -3.42. The molecule has 0 aliphatic rings. The molecule has 2 rings (SSSR count). The van der Waals surface area contributed by atoms with Gasteiger partial charge in [0, 0.05) is 23.5 Å². The number of hydrogen-bond donors (Lipinski definition) is 2. The van der Waals surface area contributed by atoms with Gasteiger partial charge in [0.15, 0.2) is 18.1 Å². The van der Waals surface area contributed by atoms with Crippen LogP contribution in [-0.4, -0.2) is 41.9 Å². The molecule has 1 aromatic heterocycles. The van der Waals surface area contributed by atoms with Gasteiger partial charge in [0.25, 0.3) is 5.91 Å². The highest BCUT2D eigenvalue weighted by Gasteiger charge is 2.11. The lowest BCUT2D eigenvalue weighted by atomic mass is 10.2. The zero-order valence-electron chi connectivity index (χ0n) is 12.8. The van der Waals surface area contributed by atoms with Crippen LogP contribution in [0.25, 0.3) is 0 Å². The summed E-state index contributed by atoms with van der Waals surface area (Å²) >= 11 is 0. The Labute approximate surface area is 137 Å². The van der Waals surface area contributed by atoms with Crippen LogP contribution in [0.1, 0.15) is 15.9 Å². The number of methoxy groups -OCH3 is 1. The predicted octanol–water partition coefficient (Wildman–Crippen LogP) is 1.32. The third-order valence-electron chi connectivity index (χ3n) is 2.88. The molecule has 1 amide bonds.